The molecule has 0 aliphatic carbocycles. The van der Waals surface area contributed by atoms with E-state index in [4.69, 9.17) is 4.74 Å². The van der Waals surface area contributed by atoms with Gasteiger partial charge in [0.15, 0.2) is 0 Å². The van der Waals surface area contributed by atoms with Crippen LogP contribution in [-0.2, 0) is 21.9 Å². The normalized spacial score (nSPS) is 12.5. The minimum absolute atomic E-state index is 0.00832. The van der Waals surface area contributed by atoms with Crippen molar-refractivity contribution in [3.05, 3.63) is 29.3 Å². The van der Waals surface area contributed by atoms with E-state index in [-0.39, 0.29) is 5.41 Å². The number of benzene rings is 1. The summed E-state index contributed by atoms with van der Waals surface area (Å²) in [5.74, 6) is 0.868. The van der Waals surface area contributed by atoms with E-state index in [0.717, 1.165) is 16.9 Å². The molecule has 1 rings (SSSR count). The summed E-state index contributed by atoms with van der Waals surface area (Å²) in [6.07, 6.45) is 1.84. The summed E-state index contributed by atoms with van der Waals surface area (Å²) in [6.45, 7) is 6.80. The Morgan fingerprint density at radius 2 is 1.89 bits per heavy atom. The topological polar surface area (TPSA) is 55.4 Å². The van der Waals surface area contributed by atoms with E-state index in [1.165, 1.54) is 6.26 Å². The molecule has 5 heteroatoms. The van der Waals surface area contributed by atoms with Crippen molar-refractivity contribution in [1.82, 2.24) is 4.72 Å². The Hall–Kier alpha value is -1.07. The second kappa shape index (κ2) is 5.92. The van der Waals surface area contributed by atoms with Crippen molar-refractivity contribution in [2.45, 2.75) is 32.6 Å². The van der Waals surface area contributed by atoms with Crippen LogP contribution in [0.15, 0.2) is 18.2 Å². The van der Waals surface area contributed by atoms with Gasteiger partial charge in [-0.2, -0.15) is 0 Å². The van der Waals surface area contributed by atoms with Gasteiger partial charge in [0.1, 0.15) is 5.75 Å². The third-order valence-corrected chi connectivity index (χ3v) is 3.58. The van der Waals surface area contributed by atoms with Gasteiger partial charge in [-0.15, -0.1) is 0 Å². The minimum atomic E-state index is -3.12. The van der Waals surface area contributed by atoms with Gasteiger partial charge in [0.2, 0.25) is 10.0 Å². The largest absolute Gasteiger partial charge is 0.496 e. The molecule has 0 fully saturated rings. The first kappa shape index (κ1) is 16.0. The van der Waals surface area contributed by atoms with Crippen molar-refractivity contribution in [1.29, 1.82) is 0 Å². The van der Waals surface area contributed by atoms with Gasteiger partial charge in [0.25, 0.3) is 0 Å². The molecule has 1 aromatic rings. The lowest BCUT2D eigenvalue weighted by Crippen LogP contribution is -2.24. The molecule has 0 saturated heterocycles. The monoisotopic (exact) mass is 285 g/mol. The van der Waals surface area contributed by atoms with Crippen molar-refractivity contribution in [3.8, 4) is 5.75 Å². The molecular weight excluding hydrogens is 262 g/mol. The van der Waals surface area contributed by atoms with Crippen molar-refractivity contribution in [2.75, 3.05) is 19.9 Å². The number of nitrogens with one attached hydrogen (secondary N) is 1. The molecule has 0 saturated carbocycles. The highest BCUT2D eigenvalue weighted by Gasteiger charge is 2.19. The molecule has 0 amide bonds. The van der Waals surface area contributed by atoms with Crippen LogP contribution in [0, 0.1) is 0 Å². The number of sulfonamides is 1. The van der Waals surface area contributed by atoms with Crippen LogP contribution < -0.4 is 9.46 Å². The summed E-state index contributed by atoms with van der Waals surface area (Å²) in [5.41, 5.74) is 2.22. The number of rotatable bonds is 5. The van der Waals surface area contributed by atoms with Crippen molar-refractivity contribution in [3.63, 3.8) is 0 Å². The third kappa shape index (κ3) is 5.20. The number of hydrogen-bond acceptors (Lipinski definition) is 3. The van der Waals surface area contributed by atoms with E-state index < -0.39 is 10.0 Å². The van der Waals surface area contributed by atoms with Crippen LogP contribution in [-0.4, -0.2) is 28.3 Å². The second-order valence-electron chi connectivity index (χ2n) is 5.70. The molecule has 0 heterocycles. The maximum Gasteiger partial charge on any atom is 0.208 e. The smallest absolute Gasteiger partial charge is 0.208 e. The molecule has 0 bridgehead atoms. The molecule has 0 spiro atoms. The van der Waals surface area contributed by atoms with Crippen molar-refractivity contribution >= 4 is 10.0 Å². The van der Waals surface area contributed by atoms with Gasteiger partial charge in [-0.05, 0) is 29.0 Å². The Kier molecular flexibility index (Phi) is 4.98. The first-order chi connectivity index (χ1) is 8.63. The Labute approximate surface area is 116 Å². The number of hydrogen-bond donors (Lipinski definition) is 1. The molecule has 0 aromatic heterocycles. The Morgan fingerprint density at radius 1 is 1.26 bits per heavy atom. The summed E-state index contributed by atoms with van der Waals surface area (Å²) in [7, 11) is -1.46. The molecule has 19 heavy (non-hydrogen) atoms. The lowest BCUT2D eigenvalue weighted by molar-refractivity contribution is 0.397. The van der Waals surface area contributed by atoms with Gasteiger partial charge in [-0.1, -0.05) is 32.9 Å². The second-order valence-corrected chi connectivity index (χ2v) is 7.53. The minimum Gasteiger partial charge on any atom is -0.496 e. The first-order valence-electron chi connectivity index (χ1n) is 6.25. The third-order valence-electron chi connectivity index (χ3n) is 2.85. The Bertz CT molecular complexity index is 530. The van der Waals surface area contributed by atoms with Crippen molar-refractivity contribution in [2.24, 2.45) is 0 Å². The van der Waals surface area contributed by atoms with Crippen LogP contribution in [0.1, 0.15) is 31.9 Å². The molecule has 1 N–H and O–H groups in total. The maximum absolute atomic E-state index is 11.0. The Balaban J connectivity index is 2.87. The molecule has 108 valence electrons. The van der Waals surface area contributed by atoms with Crippen LogP contribution in [0.4, 0.5) is 0 Å². The average Bonchev–Trinajstić information content (AvgIpc) is 2.26. The lowest BCUT2D eigenvalue weighted by atomic mass is 9.85. The fourth-order valence-electron chi connectivity index (χ4n) is 1.88. The highest BCUT2D eigenvalue weighted by atomic mass is 32.2. The fraction of sp³-hybridized carbons (Fsp3) is 0.571. The standard InChI is InChI=1S/C14H23NO3S/c1-14(2,3)12-10-11(6-7-13(12)18-4)8-9-15-19(5,16)17/h6-7,10,15H,8-9H2,1-5H3. The van der Waals surface area contributed by atoms with E-state index in [0.29, 0.717) is 13.0 Å². The molecule has 0 unspecified atom stereocenters. The number of ether oxygens (including phenoxy) is 1. The van der Waals surface area contributed by atoms with E-state index >= 15 is 0 Å². The zero-order valence-corrected chi connectivity index (χ0v) is 13.1. The predicted molar refractivity (Wildman–Crippen MR) is 78.2 cm³/mol. The molecule has 0 radical (unpaired) electrons. The molecule has 4 nitrogen and oxygen atoms in total. The van der Waals surface area contributed by atoms with E-state index in [1.807, 2.05) is 12.1 Å². The summed E-state index contributed by atoms with van der Waals surface area (Å²) < 4.78 is 29.9. The highest BCUT2D eigenvalue weighted by Crippen LogP contribution is 2.32. The Morgan fingerprint density at radius 3 is 2.37 bits per heavy atom. The van der Waals surface area contributed by atoms with Crippen LogP contribution in [0.3, 0.4) is 0 Å². The van der Waals surface area contributed by atoms with Gasteiger partial charge in [0.05, 0.1) is 13.4 Å². The number of methoxy groups -OCH3 is 1. The summed E-state index contributed by atoms with van der Waals surface area (Å²) in [6, 6.07) is 6.00. The van der Waals surface area contributed by atoms with Crippen LogP contribution in [0.5, 0.6) is 5.75 Å². The molecule has 0 atom stereocenters. The highest BCUT2D eigenvalue weighted by molar-refractivity contribution is 7.88. The average molecular weight is 285 g/mol. The fourth-order valence-corrected chi connectivity index (χ4v) is 2.35. The summed E-state index contributed by atoms with van der Waals surface area (Å²) >= 11 is 0. The van der Waals surface area contributed by atoms with Gasteiger partial charge < -0.3 is 4.74 Å². The maximum atomic E-state index is 11.0. The van der Waals surface area contributed by atoms with Gasteiger partial charge in [-0.25, -0.2) is 13.1 Å². The molecule has 0 aliphatic heterocycles. The van der Waals surface area contributed by atoms with E-state index in [1.54, 1.807) is 7.11 Å². The zero-order chi connectivity index (χ0) is 14.7. The van der Waals surface area contributed by atoms with Gasteiger partial charge >= 0.3 is 0 Å². The van der Waals surface area contributed by atoms with E-state index in [9.17, 15) is 8.42 Å². The van der Waals surface area contributed by atoms with Gasteiger partial charge in [0, 0.05) is 6.54 Å². The summed E-state index contributed by atoms with van der Waals surface area (Å²) in [4.78, 5) is 0. The lowest BCUT2D eigenvalue weighted by Gasteiger charge is -2.23. The SMILES string of the molecule is COc1ccc(CCNS(C)(=O)=O)cc1C(C)(C)C. The van der Waals surface area contributed by atoms with Crippen molar-refractivity contribution < 1.29 is 13.2 Å². The van der Waals surface area contributed by atoms with E-state index in [2.05, 4.69) is 31.6 Å². The first-order valence-corrected chi connectivity index (χ1v) is 8.14. The van der Waals surface area contributed by atoms with Crippen LogP contribution in [0.25, 0.3) is 0 Å². The molecule has 1 aromatic carbocycles. The predicted octanol–water partition coefficient (Wildman–Crippen LogP) is 2.08. The van der Waals surface area contributed by atoms with Crippen LogP contribution >= 0.6 is 0 Å². The summed E-state index contributed by atoms with van der Waals surface area (Å²) in [5, 5.41) is 0. The molecular formula is C14H23NO3S. The quantitative estimate of drug-likeness (QED) is 0.901. The zero-order valence-electron chi connectivity index (χ0n) is 12.3. The molecule has 0 aliphatic rings. The van der Waals surface area contributed by atoms with Gasteiger partial charge in [-0.3, -0.25) is 0 Å². The van der Waals surface area contributed by atoms with Crippen LogP contribution in [0.2, 0.25) is 0 Å².